The number of hydrogen-bond acceptors (Lipinski definition) is 3. The molecule has 0 aliphatic heterocycles. The lowest BCUT2D eigenvalue weighted by Crippen LogP contribution is -2.21. The van der Waals surface area contributed by atoms with Gasteiger partial charge in [0, 0.05) is 24.0 Å². The van der Waals surface area contributed by atoms with Gasteiger partial charge >= 0.3 is 0 Å². The summed E-state index contributed by atoms with van der Waals surface area (Å²) in [5.41, 5.74) is 7.32. The van der Waals surface area contributed by atoms with Gasteiger partial charge < -0.3 is 16.0 Å². The van der Waals surface area contributed by atoms with Crippen molar-refractivity contribution in [2.45, 2.75) is 6.92 Å². The van der Waals surface area contributed by atoms with Crippen LogP contribution in [0.2, 0.25) is 0 Å². The van der Waals surface area contributed by atoms with Gasteiger partial charge in [-0.2, -0.15) is 0 Å². The quantitative estimate of drug-likeness (QED) is 0.724. The van der Waals surface area contributed by atoms with Crippen LogP contribution < -0.4 is 16.5 Å². The molecule has 0 bridgehead atoms. The molecule has 106 valence electrons. The standard InChI is InChI=1S/C16H15N3O2/c1-11-4-5-14(12(9-11)3-2-7-17)19-16(21)13-10-18-8-6-15(13)20/h4-6,8-10H,7,17H2,1H3,(H,18,20)(H,19,21). The lowest BCUT2D eigenvalue weighted by Gasteiger charge is -2.08. The molecule has 0 fully saturated rings. The minimum absolute atomic E-state index is 0.0517. The maximum absolute atomic E-state index is 12.1. The number of anilines is 1. The van der Waals surface area contributed by atoms with Crippen LogP contribution in [0.1, 0.15) is 21.5 Å². The number of pyridine rings is 1. The number of nitrogens with one attached hydrogen (secondary N) is 2. The number of carbonyl (C=O) groups is 1. The minimum atomic E-state index is -0.475. The van der Waals surface area contributed by atoms with Gasteiger partial charge in [0.2, 0.25) is 0 Å². The fraction of sp³-hybridized carbons (Fsp3) is 0.125. The van der Waals surface area contributed by atoms with Gasteiger partial charge in [0.15, 0.2) is 5.43 Å². The van der Waals surface area contributed by atoms with Crippen LogP contribution in [0.5, 0.6) is 0 Å². The number of aromatic amines is 1. The molecule has 0 radical (unpaired) electrons. The second-order valence-corrected chi connectivity index (χ2v) is 4.43. The Bertz CT molecular complexity index is 782. The van der Waals surface area contributed by atoms with Crippen molar-refractivity contribution in [1.82, 2.24) is 4.98 Å². The SMILES string of the molecule is Cc1ccc(NC(=O)c2c[nH]ccc2=O)c(C#CCN)c1. The summed E-state index contributed by atoms with van der Waals surface area (Å²) in [6, 6.07) is 6.77. The number of nitrogens with two attached hydrogens (primary N) is 1. The van der Waals surface area contributed by atoms with Crippen LogP contribution in [-0.2, 0) is 0 Å². The van der Waals surface area contributed by atoms with Gasteiger partial charge in [-0.05, 0) is 24.6 Å². The van der Waals surface area contributed by atoms with Gasteiger partial charge in [-0.15, -0.1) is 0 Å². The molecule has 0 aliphatic rings. The van der Waals surface area contributed by atoms with E-state index in [4.69, 9.17) is 5.73 Å². The predicted molar refractivity (Wildman–Crippen MR) is 82.1 cm³/mol. The second kappa shape index (κ2) is 6.55. The van der Waals surface area contributed by atoms with E-state index in [1.54, 1.807) is 6.07 Å². The predicted octanol–water partition coefficient (Wildman–Crippen LogP) is 1.25. The van der Waals surface area contributed by atoms with E-state index in [1.807, 2.05) is 19.1 Å². The Morgan fingerprint density at radius 3 is 2.90 bits per heavy atom. The van der Waals surface area contributed by atoms with Crippen LogP contribution in [-0.4, -0.2) is 17.4 Å². The van der Waals surface area contributed by atoms with Crippen molar-refractivity contribution < 1.29 is 4.79 Å². The van der Waals surface area contributed by atoms with Gasteiger partial charge in [0.25, 0.3) is 5.91 Å². The Hall–Kier alpha value is -2.84. The first-order chi connectivity index (χ1) is 10.1. The summed E-state index contributed by atoms with van der Waals surface area (Å²) in [6.45, 7) is 2.17. The molecule has 1 aromatic heterocycles. The van der Waals surface area contributed by atoms with Crippen LogP contribution in [0.4, 0.5) is 5.69 Å². The van der Waals surface area contributed by atoms with Gasteiger partial charge in [0.05, 0.1) is 12.2 Å². The zero-order chi connectivity index (χ0) is 15.2. The zero-order valence-corrected chi connectivity index (χ0v) is 11.6. The fourth-order valence-corrected chi connectivity index (χ4v) is 1.80. The fourth-order valence-electron chi connectivity index (χ4n) is 1.80. The summed E-state index contributed by atoms with van der Waals surface area (Å²) < 4.78 is 0. The van der Waals surface area contributed by atoms with E-state index in [0.717, 1.165) is 5.56 Å². The molecule has 0 saturated carbocycles. The molecule has 0 unspecified atom stereocenters. The molecule has 4 N–H and O–H groups in total. The molecule has 2 rings (SSSR count). The Labute approximate surface area is 122 Å². The summed E-state index contributed by atoms with van der Waals surface area (Å²) in [7, 11) is 0. The van der Waals surface area contributed by atoms with E-state index in [2.05, 4.69) is 22.1 Å². The Morgan fingerprint density at radius 2 is 2.19 bits per heavy atom. The van der Waals surface area contributed by atoms with Crippen molar-refractivity contribution in [2.24, 2.45) is 5.73 Å². The number of aryl methyl sites for hydroxylation is 1. The lowest BCUT2D eigenvalue weighted by atomic mass is 10.1. The van der Waals surface area contributed by atoms with E-state index in [1.165, 1.54) is 18.5 Å². The largest absolute Gasteiger partial charge is 0.367 e. The van der Waals surface area contributed by atoms with E-state index in [9.17, 15) is 9.59 Å². The van der Waals surface area contributed by atoms with Crippen LogP contribution in [0.25, 0.3) is 0 Å². The average Bonchev–Trinajstić information content (AvgIpc) is 2.47. The third-order valence-electron chi connectivity index (χ3n) is 2.82. The topological polar surface area (TPSA) is 88.0 Å². The zero-order valence-electron chi connectivity index (χ0n) is 11.6. The lowest BCUT2D eigenvalue weighted by molar-refractivity contribution is 0.102. The van der Waals surface area contributed by atoms with Crippen molar-refractivity contribution in [3.63, 3.8) is 0 Å². The first kappa shape index (κ1) is 14.6. The van der Waals surface area contributed by atoms with E-state index in [0.29, 0.717) is 11.3 Å². The molecule has 0 aliphatic carbocycles. The summed E-state index contributed by atoms with van der Waals surface area (Å²) >= 11 is 0. The van der Waals surface area contributed by atoms with Crippen molar-refractivity contribution in [3.8, 4) is 11.8 Å². The maximum Gasteiger partial charge on any atom is 0.261 e. The minimum Gasteiger partial charge on any atom is -0.367 e. The third-order valence-corrected chi connectivity index (χ3v) is 2.82. The molecule has 0 spiro atoms. The van der Waals surface area contributed by atoms with E-state index < -0.39 is 5.91 Å². The highest BCUT2D eigenvalue weighted by atomic mass is 16.2. The molecule has 0 saturated heterocycles. The number of benzene rings is 1. The number of aromatic nitrogens is 1. The Morgan fingerprint density at radius 1 is 1.38 bits per heavy atom. The van der Waals surface area contributed by atoms with E-state index in [-0.39, 0.29) is 17.5 Å². The molecule has 2 aromatic rings. The molecule has 1 amide bonds. The molecule has 1 aromatic carbocycles. The molecule has 21 heavy (non-hydrogen) atoms. The van der Waals surface area contributed by atoms with Crippen LogP contribution in [0.15, 0.2) is 41.5 Å². The maximum atomic E-state index is 12.1. The third kappa shape index (κ3) is 3.59. The van der Waals surface area contributed by atoms with Crippen molar-refractivity contribution in [1.29, 1.82) is 0 Å². The summed E-state index contributed by atoms with van der Waals surface area (Å²) in [5, 5.41) is 2.70. The van der Waals surface area contributed by atoms with Crippen molar-refractivity contribution in [3.05, 3.63) is 63.6 Å². The van der Waals surface area contributed by atoms with Crippen LogP contribution >= 0.6 is 0 Å². The monoisotopic (exact) mass is 281 g/mol. The van der Waals surface area contributed by atoms with Crippen molar-refractivity contribution in [2.75, 3.05) is 11.9 Å². The van der Waals surface area contributed by atoms with Gasteiger partial charge in [0.1, 0.15) is 5.56 Å². The summed E-state index contributed by atoms with van der Waals surface area (Å²) in [6.07, 6.45) is 2.85. The molecule has 1 heterocycles. The first-order valence-electron chi connectivity index (χ1n) is 6.40. The molecular formula is C16H15N3O2. The van der Waals surface area contributed by atoms with Gasteiger partial charge in [-0.3, -0.25) is 9.59 Å². The normalized spacial score (nSPS) is 9.62. The average molecular weight is 281 g/mol. The van der Waals surface area contributed by atoms with Crippen molar-refractivity contribution >= 4 is 11.6 Å². The number of hydrogen-bond donors (Lipinski definition) is 3. The first-order valence-corrected chi connectivity index (χ1v) is 6.40. The number of carbonyl (C=O) groups excluding carboxylic acids is 1. The highest BCUT2D eigenvalue weighted by molar-refractivity contribution is 6.04. The molecule has 5 nitrogen and oxygen atoms in total. The summed E-state index contributed by atoms with van der Waals surface area (Å²) in [5.74, 6) is 5.19. The molecule has 5 heteroatoms. The number of amides is 1. The van der Waals surface area contributed by atoms with E-state index >= 15 is 0 Å². The van der Waals surface area contributed by atoms with Crippen LogP contribution in [0, 0.1) is 18.8 Å². The van der Waals surface area contributed by atoms with Crippen LogP contribution in [0.3, 0.4) is 0 Å². The second-order valence-electron chi connectivity index (χ2n) is 4.43. The van der Waals surface area contributed by atoms with Gasteiger partial charge in [-0.25, -0.2) is 0 Å². The molecule has 0 atom stereocenters. The van der Waals surface area contributed by atoms with Gasteiger partial charge in [-0.1, -0.05) is 17.9 Å². The number of H-pyrrole nitrogens is 1. The Kier molecular flexibility index (Phi) is 4.54. The molecular weight excluding hydrogens is 266 g/mol. The smallest absolute Gasteiger partial charge is 0.261 e. The number of rotatable bonds is 2. The Balaban J connectivity index is 2.33. The highest BCUT2D eigenvalue weighted by Gasteiger charge is 2.11. The summed E-state index contributed by atoms with van der Waals surface area (Å²) in [4.78, 5) is 26.5. The highest BCUT2D eigenvalue weighted by Crippen LogP contribution is 2.17.